The lowest BCUT2D eigenvalue weighted by molar-refractivity contribution is 0.393. The largest absolute Gasteiger partial charge is 0.361 e. The molecule has 0 spiro atoms. The predicted octanol–water partition coefficient (Wildman–Crippen LogP) is 2.55. The highest BCUT2D eigenvalue weighted by Gasteiger charge is 2.19. The van der Waals surface area contributed by atoms with Crippen LogP contribution in [-0.2, 0) is 0 Å². The van der Waals surface area contributed by atoms with Crippen molar-refractivity contribution in [2.24, 2.45) is 0 Å². The highest BCUT2D eigenvalue weighted by atomic mass is 16.5. The molecule has 0 N–H and O–H groups in total. The van der Waals surface area contributed by atoms with E-state index < -0.39 is 0 Å². The van der Waals surface area contributed by atoms with Crippen molar-refractivity contribution in [3.63, 3.8) is 0 Å². The first-order chi connectivity index (χ1) is 9.56. The molecule has 0 aliphatic rings. The van der Waals surface area contributed by atoms with Crippen LogP contribution in [0.15, 0.2) is 22.9 Å². The van der Waals surface area contributed by atoms with Crippen LogP contribution in [-0.4, -0.2) is 24.9 Å². The molecule has 0 bridgehead atoms. The Hall–Kier alpha value is -2.50. The fourth-order valence-electron chi connectivity index (χ4n) is 2.22. The van der Waals surface area contributed by atoms with Crippen molar-refractivity contribution in [2.45, 2.75) is 27.7 Å². The maximum atomic E-state index is 5.23. The van der Waals surface area contributed by atoms with Crippen molar-refractivity contribution in [3.8, 4) is 17.1 Å². The van der Waals surface area contributed by atoms with Gasteiger partial charge in [-0.25, -0.2) is 9.67 Å². The molecule has 3 aromatic heterocycles. The van der Waals surface area contributed by atoms with Gasteiger partial charge in [0.05, 0.1) is 16.9 Å². The van der Waals surface area contributed by atoms with Gasteiger partial charge in [0.15, 0.2) is 5.82 Å². The maximum Gasteiger partial charge on any atom is 0.168 e. The maximum absolute atomic E-state index is 5.23. The second kappa shape index (κ2) is 4.56. The van der Waals surface area contributed by atoms with Crippen LogP contribution in [0.5, 0.6) is 0 Å². The first kappa shape index (κ1) is 12.5. The summed E-state index contributed by atoms with van der Waals surface area (Å²) in [6, 6.07) is 3.87. The molecule has 3 aromatic rings. The van der Waals surface area contributed by atoms with Crippen molar-refractivity contribution >= 4 is 0 Å². The summed E-state index contributed by atoms with van der Waals surface area (Å²) in [6.07, 6.45) is 1.76. The molecule has 0 aliphatic carbocycles. The molecule has 102 valence electrons. The number of aryl methyl sites for hydroxylation is 4. The Labute approximate surface area is 116 Å². The van der Waals surface area contributed by atoms with Crippen molar-refractivity contribution in [2.75, 3.05) is 0 Å². The van der Waals surface area contributed by atoms with Crippen LogP contribution in [0.25, 0.3) is 17.1 Å². The third-order valence-electron chi connectivity index (χ3n) is 3.09. The van der Waals surface area contributed by atoms with Gasteiger partial charge in [-0.15, -0.1) is 0 Å². The number of nitrogens with zero attached hydrogens (tertiary/aromatic N) is 5. The summed E-state index contributed by atoms with van der Waals surface area (Å²) < 4.78 is 7.03. The normalized spacial score (nSPS) is 11.0. The second-order valence-corrected chi connectivity index (χ2v) is 4.75. The zero-order valence-corrected chi connectivity index (χ0v) is 11.9. The quantitative estimate of drug-likeness (QED) is 0.715. The van der Waals surface area contributed by atoms with Crippen LogP contribution in [0.1, 0.15) is 23.0 Å². The molecule has 20 heavy (non-hydrogen) atoms. The lowest BCUT2D eigenvalue weighted by Crippen LogP contribution is -2.01. The topological polar surface area (TPSA) is 69.6 Å². The van der Waals surface area contributed by atoms with Gasteiger partial charge in [-0.05, 0) is 39.8 Å². The first-order valence-electron chi connectivity index (χ1n) is 6.36. The van der Waals surface area contributed by atoms with E-state index in [0.717, 1.165) is 34.2 Å². The van der Waals surface area contributed by atoms with E-state index in [1.54, 1.807) is 10.9 Å². The Kier molecular flexibility index (Phi) is 2.85. The van der Waals surface area contributed by atoms with Crippen molar-refractivity contribution in [3.05, 3.63) is 41.3 Å². The highest BCUT2D eigenvalue weighted by molar-refractivity contribution is 5.62. The molecular formula is C14H15N5O. The molecule has 0 fully saturated rings. The van der Waals surface area contributed by atoms with Crippen LogP contribution in [0.2, 0.25) is 0 Å². The molecule has 0 amide bonds. The van der Waals surface area contributed by atoms with Gasteiger partial charge in [-0.2, -0.15) is 5.10 Å². The molecule has 0 saturated heterocycles. The van der Waals surface area contributed by atoms with Gasteiger partial charge in [0.1, 0.15) is 11.6 Å². The number of rotatable bonds is 2. The van der Waals surface area contributed by atoms with Crippen LogP contribution in [0.3, 0.4) is 0 Å². The Morgan fingerprint density at radius 3 is 2.60 bits per heavy atom. The predicted molar refractivity (Wildman–Crippen MR) is 73.6 cm³/mol. The van der Waals surface area contributed by atoms with Crippen molar-refractivity contribution in [1.29, 1.82) is 0 Å². The molecule has 6 nitrogen and oxygen atoms in total. The molecule has 3 rings (SSSR count). The lowest BCUT2D eigenvalue weighted by Gasteiger charge is -2.05. The minimum Gasteiger partial charge on any atom is -0.361 e. The lowest BCUT2D eigenvalue weighted by atomic mass is 10.2. The van der Waals surface area contributed by atoms with Gasteiger partial charge >= 0.3 is 0 Å². The molecular weight excluding hydrogens is 254 g/mol. The van der Waals surface area contributed by atoms with E-state index in [-0.39, 0.29) is 0 Å². The summed E-state index contributed by atoms with van der Waals surface area (Å²) in [5.41, 5.74) is 3.55. The zero-order valence-electron chi connectivity index (χ0n) is 11.9. The van der Waals surface area contributed by atoms with Gasteiger partial charge in [-0.3, -0.25) is 4.98 Å². The molecule has 3 heterocycles. The molecule has 6 heteroatoms. The van der Waals surface area contributed by atoms with E-state index in [1.165, 1.54) is 0 Å². The number of hydrogen-bond donors (Lipinski definition) is 0. The Morgan fingerprint density at radius 1 is 1.15 bits per heavy atom. The smallest absolute Gasteiger partial charge is 0.168 e. The third kappa shape index (κ3) is 1.99. The Morgan fingerprint density at radius 2 is 1.95 bits per heavy atom. The monoisotopic (exact) mass is 269 g/mol. The summed E-state index contributed by atoms with van der Waals surface area (Å²) in [7, 11) is 0. The number of aromatic nitrogens is 5. The summed E-state index contributed by atoms with van der Waals surface area (Å²) in [6.45, 7) is 7.59. The average molecular weight is 269 g/mol. The van der Waals surface area contributed by atoms with Gasteiger partial charge in [0, 0.05) is 11.9 Å². The molecule has 0 aromatic carbocycles. The highest BCUT2D eigenvalue weighted by Crippen LogP contribution is 2.27. The summed E-state index contributed by atoms with van der Waals surface area (Å²) >= 11 is 0. The second-order valence-electron chi connectivity index (χ2n) is 4.75. The molecule has 0 unspecified atom stereocenters. The zero-order chi connectivity index (χ0) is 14.3. The molecule has 0 radical (unpaired) electrons. The summed E-state index contributed by atoms with van der Waals surface area (Å²) in [4.78, 5) is 8.72. The van der Waals surface area contributed by atoms with E-state index in [2.05, 4.69) is 20.2 Å². The number of pyridine rings is 1. The average Bonchev–Trinajstić information content (AvgIpc) is 2.93. The third-order valence-corrected chi connectivity index (χ3v) is 3.09. The van der Waals surface area contributed by atoms with Crippen molar-refractivity contribution in [1.82, 2.24) is 24.9 Å². The Bertz CT molecular complexity index is 752. The van der Waals surface area contributed by atoms with Gasteiger partial charge < -0.3 is 4.52 Å². The first-order valence-corrected chi connectivity index (χ1v) is 6.36. The van der Waals surface area contributed by atoms with E-state index in [4.69, 9.17) is 4.52 Å². The SMILES string of the molecule is Cc1cc(-n2nc(C)nc2-c2c(C)noc2C)ccn1. The van der Waals surface area contributed by atoms with E-state index in [9.17, 15) is 0 Å². The minimum absolute atomic E-state index is 0.703. The van der Waals surface area contributed by atoms with Gasteiger partial charge in [0.2, 0.25) is 0 Å². The fourth-order valence-corrected chi connectivity index (χ4v) is 2.22. The van der Waals surface area contributed by atoms with Crippen LogP contribution in [0.4, 0.5) is 0 Å². The fraction of sp³-hybridized carbons (Fsp3) is 0.286. The summed E-state index contributed by atoms with van der Waals surface area (Å²) in [5, 5.41) is 8.45. The van der Waals surface area contributed by atoms with Gasteiger partial charge in [0.25, 0.3) is 0 Å². The standard InChI is InChI=1S/C14H15N5O/c1-8-7-12(5-6-15-8)19-14(16-11(4)17-19)13-9(2)18-20-10(13)3/h5-7H,1-4H3. The van der Waals surface area contributed by atoms with Crippen LogP contribution >= 0.6 is 0 Å². The molecule has 0 atom stereocenters. The minimum atomic E-state index is 0.703. The van der Waals surface area contributed by atoms with Crippen LogP contribution in [0, 0.1) is 27.7 Å². The Balaban J connectivity index is 2.24. The summed E-state index contributed by atoms with van der Waals surface area (Å²) in [5.74, 6) is 2.18. The number of hydrogen-bond acceptors (Lipinski definition) is 5. The van der Waals surface area contributed by atoms with E-state index in [1.807, 2.05) is 39.8 Å². The molecule has 0 aliphatic heterocycles. The van der Waals surface area contributed by atoms with Crippen molar-refractivity contribution < 1.29 is 4.52 Å². The van der Waals surface area contributed by atoms with E-state index >= 15 is 0 Å². The van der Waals surface area contributed by atoms with Crippen LogP contribution < -0.4 is 0 Å². The van der Waals surface area contributed by atoms with E-state index in [0.29, 0.717) is 5.82 Å². The molecule has 0 saturated carbocycles. The van der Waals surface area contributed by atoms with Gasteiger partial charge in [-0.1, -0.05) is 5.16 Å².